The van der Waals surface area contributed by atoms with Gasteiger partial charge in [0.1, 0.15) is 0 Å². The molecule has 0 aromatic carbocycles. The van der Waals surface area contributed by atoms with Crippen molar-refractivity contribution < 1.29 is 14.6 Å². The smallest absolute Gasteiger partial charge is 0.180 e. The maximum atomic E-state index is 11.9. The van der Waals surface area contributed by atoms with E-state index in [4.69, 9.17) is 4.74 Å². The summed E-state index contributed by atoms with van der Waals surface area (Å²) in [6.45, 7) is 7.83. The first-order valence-corrected chi connectivity index (χ1v) is 7.01. The summed E-state index contributed by atoms with van der Waals surface area (Å²) in [5.41, 5.74) is 0.227. The summed E-state index contributed by atoms with van der Waals surface area (Å²) in [4.78, 5) is 11.9. The lowest BCUT2D eigenvalue weighted by molar-refractivity contribution is -0.111. The number of aliphatic hydroxyl groups excluding tert-OH is 1. The Morgan fingerprint density at radius 2 is 2.05 bits per heavy atom. The van der Waals surface area contributed by atoms with Crippen LogP contribution in [0.15, 0.2) is 23.8 Å². The van der Waals surface area contributed by atoms with Gasteiger partial charge in [-0.2, -0.15) is 0 Å². The minimum atomic E-state index is -0.493. The topological polar surface area (TPSA) is 49.8 Å². The number of ether oxygens (including phenoxy) is 1. The standard InChI is InChI=1S/C16H24O3/c1-11-6-5-8-16(4)14(19-16)10-13(18)15(2,3)9-7-12(11)17/h6-7,9,13-14,18H,5,8,10H2,1-4H3/b9-7+,11-6+/t13-,14-,16+/m0/s1. The fraction of sp³-hybridized carbons (Fsp3) is 0.688. The molecule has 1 fully saturated rings. The molecule has 1 N–H and O–H groups in total. The number of carbonyl (C=O) groups excluding carboxylic acids is 1. The van der Waals surface area contributed by atoms with Crippen LogP contribution in [0.3, 0.4) is 0 Å². The minimum Gasteiger partial charge on any atom is -0.392 e. The highest BCUT2D eigenvalue weighted by atomic mass is 16.6. The molecule has 3 nitrogen and oxygen atoms in total. The highest BCUT2D eigenvalue weighted by molar-refractivity contribution is 6.03. The Morgan fingerprint density at radius 1 is 1.37 bits per heavy atom. The van der Waals surface area contributed by atoms with E-state index >= 15 is 0 Å². The van der Waals surface area contributed by atoms with Gasteiger partial charge in [0.25, 0.3) is 0 Å². The van der Waals surface area contributed by atoms with Gasteiger partial charge in [0.05, 0.1) is 17.8 Å². The second-order valence-corrected chi connectivity index (χ2v) is 6.62. The van der Waals surface area contributed by atoms with Crippen molar-refractivity contribution >= 4 is 5.78 Å². The SMILES string of the molecule is C/C1=C\CC[C@@]2(C)O[C@H]2C[C@H](O)C(C)(C)/C=C/C1=O. The van der Waals surface area contributed by atoms with Crippen molar-refractivity contribution in [3.63, 3.8) is 0 Å². The van der Waals surface area contributed by atoms with Crippen molar-refractivity contribution in [3.05, 3.63) is 23.8 Å². The zero-order valence-electron chi connectivity index (χ0n) is 12.3. The van der Waals surface area contributed by atoms with Crippen LogP contribution in [0.1, 0.15) is 47.0 Å². The monoisotopic (exact) mass is 264 g/mol. The Labute approximate surface area is 115 Å². The molecule has 0 saturated carbocycles. The van der Waals surface area contributed by atoms with Gasteiger partial charge in [0.2, 0.25) is 0 Å². The van der Waals surface area contributed by atoms with Gasteiger partial charge in [-0.15, -0.1) is 0 Å². The quantitative estimate of drug-likeness (QED) is 0.684. The average Bonchev–Trinajstić information content (AvgIpc) is 2.95. The molecule has 0 bridgehead atoms. The van der Waals surface area contributed by atoms with E-state index in [0.717, 1.165) is 18.4 Å². The number of ketones is 1. The van der Waals surface area contributed by atoms with Gasteiger partial charge in [-0.1, -0.05) is 26.0 Å². The van der Waals surface area contributed by atoms with Crippen molar-refractivity contribution in [2.75, 3.05) is 0 Å². The van der Waals surface area contributed by atoms with Gasteiger partial charge >= 0.3 is 0 Å². The summed E-state index contributed by atoms with van der Waals surface area (Å²) in [6, 6.07) is 0. The Bertz CT molecular complexity index is 433. The average molecular weight is 264 g/mol. The molecule has 106 valence electrons. The second-order valence-electron chi connectivity index (χ2n) is 6.62. The third kappa shape index (κ3) is 3.15. The number of hydrogen-bond donors (Lipinski definition) is 1. The van der Waals surface area contributed by atoms with Crippen LogP contribution in [0, 0.1) is 5.41 Å². The highest BCUT2D eigenvalue weighted by Crippen LogP contribution is 2.45. The third-order valence-corrected chi connectivity index (χ3v) is 4.48. The van der Waals surface area contributed by atoms with E-state index in [-0.39, 0.29) is 17.5 Å². The Morgan fingerprint density at radius 3 is 2.74 bits per heavy atom. The van der Waals surface area contributed by atoms with E-state index in [9.17, 15) is 9.90 Å². The van der Waals surface area contributed by atoms with Crippen molar-refractivity contribution in [2.24, 2.45) is 5.41 Å². The number of aliphatic hydroxyl groups is 1. The summed E-state index contributed by atoms with van der Waals surface area (Å²) < 4.78 is 5.75. The van der Waals surface area contributed by atoms with E-state index in [1.165, 1.54) is 0 Å². The molecule has 0 radical (unpaired) electrons. The van der Waals surface area contributed by atoms with Crippen LogP contribution in [0.5, 0.6) is 0 Å². The summed E-state index contributed by atoms with van der Waals surface area (Å²) in [5.74, 6) is 0.0271. The van der Waals surface area contributed by atoms with Gasteiger partial charge in [-0.05, 0) is 38.3 Å². The van der Waals surface area contributed by atoms with Crippen LogP contribution in [-0.2, 0) is 9.53 Å². The Balaban J connectivity index is 2.23. The fourth-order valence-electron chi connectivity index (χ4n) is 2.52. The Kier molecular flexibility index (Phi) is 3.72. The van der Waals surface area contributed by atoms with Crippen molar-refractivity contribution in [1.29, 1.82) is 0 Å². The maximum absolute atomic E-state index is 11.9. The number of carbonyl (C=O) groups is 1. The lowest BCUT2D eigenvalue weighted by Crippen LogP contribution is -2.30. The molecule has 0 amide bonds. The molecule has 0 aromatic heterocycles. The molecule has 0 aromatic rings. The molecular formula is C16H24O3. The van der Waals surface area contributed by atoms with Gasteiger partial charge in [-0.3, -0.25) is 4.79 Å². The van der Waals surface area contributed by atoms with Crippen molar-refractivity contribution in [3.8, 4) is 0 Å². The molecule has 1 heterocycles. The molecule has 0 unspecified atom stereocenters. The molecule has 1 saturated heterocycles. The predicted octanol–water partition coefficient (Wildman–Crippen LogP) is 2.79. The number of epoxide rings is 1. The molecule has 3 heteroatoms. The zero-order valence-corrected chi connectivity index (χ0v) is 12.3. The van der Waals surface area contributed by atoms with E-state index in [0.29, 0.717) is 6.42 Å². The molecule has 2 aliphatic rings. The molecule has 0 spiro atoms. The van der Waals surface area contributed by atoms with Crippen LogP contribution in [0.4, 0.5) is 0 Å². The van der Waals surface area contributed by atoms with Gasteiger partial charge < -0.3 is 9.84 Å². The summed E-state index contributed by atoms with van der Waals surface area (Å²) in [7, 11) is 0. The first-order chi connectivity index (χ1) is 8.74. The molecule has 1 aliphatic carbocycles. The summed E-state index contributed by atoms with van der Waals surface area (Å²) in [5, 5.41) is 10.3. The predicted molar refractivity (Wildman–Crippen MR) is 74.8 cm³/mol. The minimum absolute atomic E-state index is 0.0271. The maximum Gasteiger partial charge on any atom is 0.180 e. The molecule has 19 heavy (non-hydrogen) atoms. The van der Waals surface area contributed by atoms with E-state index in [1.54, 1.807) is 6.08 Å². The number of allylic oxidation sites excluding steroid dienone is 3. The zero-order chi connectivity index (χ0) is 14.3. The van der Waals surface area contributed by atoms with Crippen LogP contribution < -0.4 is 0 Å². The second kappa shape index (κ2) is 4.88. The third-order valence-electron chi connectivity index (χ3n) is 4.48. The van der Waals surface area contributed by atoms with Crippen molar-refractivity contribution in [2.45, 2.75) is 64.8 Å². The van der Waals surface area contributed by atoms with E-state index in [1.807, 2.05) is 32.9 Å². The molecule has 1 aliphatic heterocycles. The summed E-state index contributed by atoms with van der Waals surface area (Å²) in [6.07, 6.45) is 7.41. The highest BCUT2D eigenvalue weighted by Gasteiger charge is 2.52. The van der Waals surface area contributed by atoms with Crippen LogP contribution in [0.25, 0.3) is 0 Å². The molecule has 2 rings (SSSR count). The first-order valence-electron chi connectivity index (χ1n) is 7.01. The lowest BCUT2D eigenvalue weighted by atomic mass is 9.81. The Hall–Kier alpha value is -0.930. The van der Waals surface area contributed by atoms with E-state index in [2.05, 4.69) is 6.92 Å². The van der Waals surface area contributed by atoms with Crippen LogP contribution in [-0.4, -0.2) is 28.7 Å². The van der Waals surface area contributed by atoms with Gasteiger partial charge in [-0.25, -0.2) is 0 Å². The van der Waals surface area contributed by atoms with Crippen LogP contribution in [0.2, 0.25) is 0 Å². The number of rotatable bonds is 0. The molecule has 3 atom stereocenters. The lowest BCUT2D eigenvalue weighted by Gasteiger charge is -2.27. The van der Waals surface area contributed by atoms with Gasteiger partial charge in [0, 0.05) is 11.8 Å². The van der Waals surface area contributed by atoms with Gasteiger partial charge in [0.15, 0.2) is 5.78 Å². The first kappa shape index (κ1) is 14.5. The van der Waals surface area contributed by atoms with Crippen LogP contribution >= 0.6 is 0 Å². The van der Waals surface area contributed by atoms with Crippen molar-refractivity contribution in [1.82, 2.24) is 0 Å². The number of fused-ring (bicyclic) bond motifs is 1. The number of hydrogen-bond acceptors (Lipinski definition) is 3. The normalized spacial score (nSPS) is 43.2. The largest absolute Gasteiger partial charge is 0.392 e. The fourth-order valence-corrected chi connectivity index (χ4v) is 2.52. The summed E-state index contributed by atoms with van der Waals surface area (Å²) >= 11 is 0. The van der Waals surface area contributed by atoms with E-state index < -0.39 is 11.5 Å². The molecular weight excluding hydrogens is 240 g/mol.